The predicted octanol–water partition coefficient (Wildman–Crippen LogP) is 6.27. The number of benzene rings is 1. The number of rotatable bonds is 12. The molecule has 0 unspecified atom stereocenters. The van der Waals surface area contributed by atoms with Crippen LogP contribution in [-0.2, 0) is 20.4 Å². The van der Waals surface area contributed by atoms with E-state index in [9.17, 15) is 4.79 Å². The molecule has 0 atom stereocenters. The van der Waals surface area contributed by atoms with Gasteiger partial charge >= 0.3 is 0 Å². The van der Waals surface area contributed by atoms with Crippen molar-refractivity contribution in [2.24, 2.45) is 5.10 Å². The van der Waals surface area contributed by atoms with Crippen LogP contribution in [0, 0.1) is 0 Å². The van der Waals surface area contributed by atoms with E-state index in [1.165, 1.54) is 16.1 Å². The van der Waals surface area contributed by atoms with Crippen LogP contribution < -0.4 is 15.1 Å². The van der Waals surface area contributed by atoms with Crippen LogP contribution in [-0.4, -0.2) is 45.0 Å². The van der Waals surface area contributed by atoms with E-state index in [4.69, 9.17) is 9.47 Å². The van der Waals surface area contributed by atoms with Crippen LogP contribution in [0.2, 0.25) is 0 Å². The van der Waals surface area contributed by atoms with Gasteiger partial charge in [-0.25, -0.2) is 5.43 Å². The molecule has 36 heavy (non-hydrogen) atoms. The maximum atomic E-state index is 12.3. The Morgan fingerprint density at radius 3 is 2.53 bits per heavy atom. The van der Waals surface area contributed by atoms with E-state index >= 15 is 0 Å². The largest absolute Gasteiger partial charge is 0.493 e. The number of anilines is 1. The third kappa shape index (κ3) is 7.56. The minimum absolute atomic E-state index is 0.0185. The number of ether oxygens (including phenoxy) is 2. The molecule has 6 nitrogen and oxygen atoms in total. The standard InChI is InChI=1S/C29H43N3O3S/c1-7-28(3,4)22-11-13-25(24(20-22)29(5,6)8-2)35-17-9-10-26(33)31-30-21-23-12-14-27(36-23)32-15-18-34-19-16-32/h11-14,20-21H,7-10,15-19H2,1-6H3,(H,31,33)/b30-21-. The number of thiophene rings is 1. The molecule has 0 aliphatic carbocycles. The number of hydrogen-bond acceptors (Lipinski definition) is 6. The topological polar surface area (TPSA) is 63.2 Å². The summed E-state index contributed by atoms with van der Waals surface area (Å²) in [6.45, 7) is 17.4. The van der Waals surface area contributed by atoms with Gasteiger partial charge in [-0.2, -0.15) is 5.10 Å². The summed E-state index contributed by atoms with van der Waals surface area (Å²) < 4.78 is 11.6. The Balaban J connectivity index is 1.48. The zero-order valence-corrected chi connectivity index (χ0v) is 23.7. The van der Waals surface area contributed by atoms with Gasteiger partial charge in [0.1, 0.15) is 5.75 Å². The van der Waals surface area contributed by atoms with Gasteiger partial charge in [0.05, 0.1) is 31.0 Å². The van der Waals surface area contributed by atoms with Crippen LogP contribution in [0.15, 0.2) is 35.4 Å². The summed E-state index contributed by atoms with van der Waals surface area (Å²) in [7, 11) is 0. The summed E-state index contributed by atoms with van der Waals surface area (Å²) in [4.78, 5) is 15.6. The van der Waals surface area contributed by atoms with Crippen molar-refractivity contribution < 1.29 is 14.3 Å². The average Bonchev–Trinajstić information content (AvgIpc) is 3.36. The van der Waals surface area contributed by atoms with Crippen molar-refractivity contribution >= 4 is 28.5 Å². The fraction of sp³-hybridized carbons (Fsp3) is 0.586. The second-order valence-corrected chi connectivity index (χ2v) is 11.8. The fourth-order valence-electron chi connectivity index (χ4n) is 4.00. The van der Waals surface area contributed by atoms with Crippen LogP contribution in [0.4, 0.5) is 5.00 Å². The molecule has 0 saturated carbocycles. The number of amides is 1. The molecule has 1 aromatic carbocycles. The number of hydrazone groups is 1. The van der Waals surface area contributed by atoms with Gasteiger partial charge in [-0.3, -0.25) is 4.79 Å². The molecule has 0 bridgehead atoms. The third-order valence-corrected chi connectivity index (χ3v) is 8.46. The van der Waals surface area contributed by atoms with Crippen molar-refractivity contribution in [3.05, 3.63) is 46.3 Å². The number of carbonyl (C=O) groups excluding carboxylic acids is 1. The number of carbonyl (C=O) groups is 1. The summed E-state index contributed by atoms with van der Waals surface area (Å²) in [5.74, 6) is 0.818. The zero-order chi connectivity index (χ0) is 26.2. The minimum Gasteiger partial charge on any atom is -0.493 e. The molecule has 1 aromatic heterocycles. The Kier molecular flexibility index (Phi) is 9.97. The van der Waals surface area contributed by atoms with E-state index in [1.807, 2.05) is 6.07 Å². The molecule has 2 aromatic rings. The number of hydrogen-bond donors (Lipinski definition) is 1. The summed E-state index contributed by atoms with van der Waals surface area (Å²) in [5.41, 5.74) is 5.37. The lowest BCUT2D eigenvalue weighted by molar-refractivity contribution is -0.121. The molecule has 1 amide bonds. The van der Waals surface area contributed by atoms with Gasteiger partial charge in [0.25, 0.3) is 0 Å². The van der Waals surface area contributed by atoms with Crippen LogP contribution >= 0.6 is 11.3 Å². The number of nitrogens with zero attached hydrogens (tertiary/aromatic N) is 2. The smallest absolute Gasteiger partial charge is 0.240 e. The van der Waals surface area contributed by atoms with Gasteiger partial charge in [-0.1, -0.05) is 53.7 Å². The Morgan fingerprint density at radius 2 is 1.83 bits per heavy atom. The zero-order valence-electron chi connectivity index (χ0n) is 22.9. The van der Waals surface area contributed by atoms with E-state index in [1.54, 1.807) is 17.6 Å². The van der Waals surface area contributed by atoms with Gasteiger partial charge in [-0.05, 0) is 53.9 Å². The summed E-state index contributed by atoms with van der Waals surface area (Å²) in [5, 5.41) is 5.35. The van der Waals surface area contributed by atoms with E-state index < -0.39 is 0 Å². The molecule has 1 aliphatic heterocycles. The predicted molar refractivity (Wildman–Crippen MR) is 151 cm³/mol. The van der Waals surface area contributed by atoms with Crippen molar-refractivity contribution in [3.63, 3.8) is 0 Å². The molecule has 198 valence electrons. The minimum atomic E-state index is -0.103. The number of morpholine rings is 1. The van der Waals surface area contributed by atoms with E-state index in [-0.39, 0.29) is 16.7 Å². The number of nitrogens with one attached hydrogen (secondary N) is 1. The Hall–Kier alpha value is -2.38. The highest BCUT2D eigenvalue weighted by Crippen LogP contribution is 2.38. The normalized spacial score (nSPS) is 14.9. The van der Waals surface area contributed by atoms with E-state index in [2.05, 4.69) is 81.2 Å². The monoisotopic (exact) mass is 513 g/mol. The molecular formula is C29H43N3O3S. The van der Waals surface area contributed by atoms with Gasteiger partial charge in [0.2, 0.25) is 5.91 Å². The molecule has 1 fully saturated rings. The summed E-state index contributed by atoms with van der Waals surface area (Å²) in [6, 6.07) is 10.7. The molecule has 2 heterocycles. The van der Waals surface area contributed by atoms with Crippen molar-refractivity contribution in [1.82, 2.24) is 5.43 Å². The first-order valence-electron chi connectivity index (χ1n) is 13.2. The Labute approximate surface area is 221 Å². The third-order valence-electron chi connectivity index (χ3n) is 7.38. The molecule has 0 radical (unpaired) electrons. The second kappa shape index (κ2) is 12.7. The molecule has 1 N–H and O–H groups in total. The van der Waals surface area contributed by atoms with Crippen LogP contribution in [0.5, 0.6) is 5.75 Å². The van der Waals surface area contributed by atoms with Crippen LogP contribution in [0.25, 0.3) is 0 Å². The molecule has 0 spiro atoms. The highest BCUT2D eigenvalue weighted by molar-refractivity contribution is 7.17. The lowest BCUT2D eigenvalue weighted by Crippen LogP contribution is -2.35. The van der Waals surface area contributed by atoms with Gasteiger partial charge < -0.3 is 14.4 Å². The van der Waals surface area contributed by atoms with Crippen molar-refractivity contribution in [2.45, 2.75) is 78.1 Å². The van der Waals surface area contributed by atoms with Crippen molar-refractivity contribution in [1.29, 1.82) is 0 Å². The first kappa shape index (κ1) is 28.2. The molecule has 1 aliphatic rings. The second-order valence-electron chi connectivity index (χ2n) is 10.7. The highest BCUT2D eigenvalue weighted by Gasteiger charge is 2.26. The van der Waals surface area contributed by atoms with Gasteiger partial charge in [-0.15, -0.1) is 11.3 Å². The van der Waals surface area contributed by atoms with Crippen molar-refractivity contribution in [2.75, 3.05) is 37.8 Å². The SMILES string of the molecule is CCC(C)(C)c1ccc(OCCCC(=O)N/N=C\c2ccc(N3CCOCC3)s2)c(C(C)(C)CC)c1. The Morgan fingerprint density at radius 1 is 1.11 bits per heavy atom. The maximum absolute atomic E-state index is 12.3. The molecule has 1 saturated heterocycles. The Bertz CT molecular complexity index is 1020. The first-order chi connectivity index (χ1) is 17.2. The maximum Gasteiger partial charge on any atom is 0.240 e. The first-order valence-corrected chi connectivity index (χ1v) is 14.0. The average molecular weight is 514 g/mol. The molecular weight excluding hydrogens is 470 g/mol. The summed E-state index contributed by atoms with van der Waals surface area (Å²) >= 11 is 1.67. The summed E-state index contributed by atoms with van der Waals surface area (Å²) in [6.07, 6.45) is 4.82. The molecule has 7 heteroatoms. The van der Waals surface area contributed by atoms with Gasteiger partial charge in [0.15, 0.2) is 0 Å². The van der Waals surface area contributed by atoms with Gasteiger partial charge in [0, 0.05) is 30.0 Å². The van der Waals surface area contributed by atoms with Crippen LogP contribution in [0.1, 0.15) is 83.2 Å². The fourth-order valence-corrected chi connectivity index (χ4v) is 4.93. The van der Waals surface area contributed by atoms with E-state index in [0.29, 0.717) is 19.4 Å². The highest BCUT2D eigenvalue weighted by atomic mass is 32.1. The lowest BCUT2D eigenvalue weighted by Gasteiger charge is -2.30. The molecule has 3 rings (SSSR count). The lowest BCUT2D eigenvalue weighted by atomic mass is 9.76. The van der Waals surface area contributed by atoms with E-state index in [0.717, 1.165) is 49.8 Å². The van der Waals surface area contributed by atoms with Crippen molar-refractivity contribution in [3.8, 4) is 5.75 Å². The quantitative estimate of drug-likeness (QED) is 0.206. The van der Waals surface area contributed by atoms with Crippen LogP contribution in [0.3, 0.4) is 0 Å².